The summed E-state index contributed by atoms with van der Waals surface area (Å²) in [6.07, 6.45) is 3.34. The first-order chi connectivity index (χ1) is 7.89. The second-order valence-electron chi connectivity index (χ2n) is 4.37. The van der Waals surface area contributed by atoms with Gasteiger partial charge in [-0.1, -0.05) is 0 Å². The van der Waals surface area contributed by atoms with Crippen molar-refractivity contribution in [3.8, 4) is 0 Å². The number of hydrogen-bond acceptors (Lipinski definition) is 4. The van der Waals surface area contributed by atoms with Gasteiger partial charge in [0.05, 0.1) is 13.2 Å². The van der Waals surface area contributed by atoms with Crippen LogP contribution in [0.5, 0.6) is 0 Å². The number of carbonyl (C=O) groups is 2. The molecule has 1 rings (SSSR count). The van der Waals surface area contributed by atoms with Crippen LogP contribution in [0.25, 0.3) is 0 Å². The van der Waals surface area contributed by atoms with Gasteiger partial charge in [0.25, 0.3) is 0 Å². The molecule has 0 amide bonds. The van der Waals surface area contributed by atoms with Gasteiger partial charge < -0.3 is 9.30 Å². The predicted octanol–water partition coefficient (Wildman–Crippen LogP) is 1.35. The SMILES string of the molecule is CCOC(=O)C(C)(C)C(=O)Cn1ccnc1C. The molecule has 17 heavy (non-hydrogen) atoms. The Morgan fingerprint density at radius 2 is 2.12 bits per heavy atom. The van der Waals surface area contributed by atoms with Crippen LogP contribution in [0.2, 0.25) is 0 Å². The third-order valence-electron chi connectivity index (χ3n) is 2.72. The number of hydrogen-bond donors (Lipinski definition) is 0. The van der Waals surface area contributed by atoms with Gasteiger partial charge in [-0.2, -0.15) is 0 Å². The van der Waals surface area contributed by atoms with E-state index < -0.39 is 11.4 Å². The highest BCUT2D eigenvalue weighted by Gasteiger charge is 2.37. The van der Waals surface area contributed by atoms with Gasteiger partial charge >= 0.3 is 5.97 Å². The van der Waals surface area contributed by atoms with Crippen LogP contribution < -0.4 is 0 Å². The standard InChI is InChI=1S/C12H18N2O3/c1-5-17-11(16)12(3,4)10(15)8-14-7-6-13-9(14)2/h6-7H,5,8H2,1-4H3. The van der Waals surface area contributed by atoms with Crippen LogP contribution in [-0.2, 0) is 20.9 Å². The van der Waals surface area contributed by atoms with Gasteiger partial charge in [-0.3, -0.25) is 9.59 Å². The monoisotopic (exact) mass is 238 g/mol. The third-order valence-corrected chi connectivity index (χ3v) is 2.72. The highest BCUT2D eigenvalue weighted by molar-refractivity contribution is 6.02. The minimum absolute atomic E-state index is 0.137. The Morgan fingerprint density at radius 1 is 1.47 bits per heavy atom. The lowest BCUT2D eigenvalue weighted by atomic mass is 9.88. The van der Waals surface area contributed by atoms with Gasteiger partial charge in [-0.15, -0.1) is 0 Å². The molecule has 0 aromatic carbocycles. The molecular formula is C12H18N2O3. The number of aromatic nitrogens is 2. The molecule has 0 aliphatic heterocycles. The van der Waals surface area contributed by atoms with Crippen LogP contribution in [-0.4, -0.2) is 27.9 Å². The molecule has 0 radical (unpaired) electrons. The molecular weight excluding hydrogens is 220 g/mol. The van der Waals surface area contributed by atoms with Crippen molar-refractivity contribution in [2.45, 2.75) is 34.2 Å². The van der Waals surface area contributed by atoms with Gasteiger partial charge in [0.2, 0.25) is 0 Å². The highest BCUT2D eigenvalue weighted by Crippen LogP contribution is 2.20. The van der Waals surface area contributed by atoms with Crippen molar-refractivity contribution in [3.05, 3.63) is 18.2 Å². The van der Waals surface area contributed by atoms with Gasteiger partial charge in [0.1, 0.15) is 11.2 Å². The molecule has 5 heteroatoms. The Balaban J connectivity index is 2.76. The van der Waals surface area contributed by atoms with E-state index in [-0.39, 0.29) is 18.9 Å². The van der Waals surface area contributed by atoms with Crippen molar-refractivity contribution in [3.63, 3.8) is 0 Å². The fourth-order valence-corrected chi connectivity index (χ4v) is 1.35. The molecule has 0 aliphatic rings. The van der Waals surface area contributed by atoms with Crippen molar-refractivity contribution in [1.82, 2.24) is 9.55 Å². The molecule has 0 unspecified atom stereocenters. The molecule has 0 saturated carbocycles. The number of carbonyl (C=O) groups excluding carboxylic acids is 2. The summed E-state index contributed by atoms with van der Waals surface area (Å²) in [5, 5.41) is 0. The first-order valence-electron chi connectivity index (χ1n) is 5.57. The largest absolute Gasteiger partial charge is 0.465 e. The summed E-state index contributed by atoms with van der Waals surface area (Å²) >= 11 is 0. The quantitative estimate of drug-likeness (QED) is 0.574. The molecule has 94 valence electrons. The maximum atomic E-state index is 12.1. The number of aryl methyl sites for hydroxylation is 1. The molecule has 0 fully saturated rings. The van der Waals surface area contributed by atoms with Crippen molar-refractivity contribution in [2.24, 2.45) is 5.41 Å². The Kier molecular flexibility index (Phi) is 4.04. The molecule has 0 aliphatic carbocycles. The predicted molar refractivity (Wildman–Crippen MR) is 62.4 cm³/mol. The zero-order valence-corrected chi connectivity index (χ0v) is 10.7. The van der Waals surface area contributed by atoms with Crippen LogP contribution >= 0.6 is 0 Å². The summed E-state index contributed by atoms with van der Waals surface area (Å²) in [7, 11) is 0. The number of imidazole rings is 1. The van der Waals surface area contributed by atoms with Gasteiger partial charge in [-0.25, -0.2) is 4.98 Å². The van der Waals surface area contributed by atoms with E-state index in [2.05, 4.69) is 4.98 Å². The fourth-order valence-electron chi connectivity index (χ4n) is 1.35. The minimum atomic E-state index is -1.12. The van der Waals surface area contributed by atoms with E-state index in [1.807, 2.05) is 6.92 Å². The highest BCUT2D eigenvalue weighted by atomic mass is 16.5. The summed E-state index contributed by atoms with van der Waals surface area (Å²) in [6, 6.07) is 0. The Hall–Kier alpha value is -1.65. The van der Waals surface area contributed by atoms with E-state index in [0.29, 0.717) is 0 Å². The Bertz CT molecular complexity index is 421. The summed E-state index contributed by atoms with van der Waals surface area (Å²) in [5.41, 5.74) is -1.12. The topological polar surface area (TPSA) is 61.2 Å². The van der Waals surface area contributed by atoms with E-state index in [9.17, 15) is 9.59 Å². The van der Waals surface area contributed by atoms with Crippen LogP contribution in [0, 0.1) is 12.3 Å². The van der Waals surface area contributed by atoms with Crippen molar-refractivity contribution < 1.29 is 14.3 Å². The van der Waals surface area contributed by atoms with Gasteiger partial charge in [0, 0.05) is 12.4 Å². The third kappa shape index (κ3) is 2.93. The summed E-state index contributed by atoms with van der Waals surface area (Å²) < 4.78 is 6.60. The lowest BCUT2D eigenvalue weighted by Gasteiger charge is -2.21. The summed E-state index contributed by atoms with van der Waals surface area (Å²) in [6.45, 7) is 7.11. The zero-order chi connectivity index (χ0) is 13.1. The van der Waals surface area contributed by atoms with Gasteiger partial charge in [0.15, 0.2) is 5.78 Å². The number of nitrogens with zero attached hydrogens (tertiary/aromatic N) is 2. The van der Waals surface area contributed by atoms with Crippen molar-refractivity contribution in [1.29, 1.82) is 0 Å². The molecule has 1 aromatic heterocycles. The lowest BCUT2D eigenvalue weighted by molar-refractivity contribution is -0.158. The van der Waals surface area contributed by atoms with Crippen molar-refractivity contribution in [2.75, 3.05) is 6.61 Å². The molecule has 1 aromatic rings. The average Bonchev–Trinajstić information content (AvgIpc) is 2.64. The number of esters is 1. The van der Waals surface area contributed by atoms with Crippen molar-refractivity contribution >= 4 is 11.8 Å². The van der Waals surface area contributed by atoms with Crippen LogP contribution in [0.4, 0.5) is 0 Å². The summed E-state index contributed by atoms with van der Waals surface area (Å²) in [5.74, 6) is 0.0813. The van der Waals surface area contributed by atoms with Crippen LogP contribution in [0.3, 0.4) is 0 Å². The van der Waals surface area contributed by atoms with E-state index >= 15 is 0 Å². The van der Waals surface area contributed by atoms with Crippen LogP contribution in [0.15, 0.2) is 12.4 Å². The maximum Gasteiger partial charge on any atom is 0.319 e. The normalized spacial score (nSPS) is 11.3. The Morgan fingerprint density at radius 3 is 2.59 bits per heavy atom. The smallest absolute Gasteiger partial charge is 0.319 e. The zero-order valence-electron chi connectivity index (χ0n) is 10.7. The number of ether oxygens (including phenoxy) is 1. The Labute approximate surface area is 101 Å². The first kappa shape index (κ1) is 13.4. The lowest BCUT2D eigenvalue weighted by Crippen LogP contribution is -2.37. The molecule has 0 bridgehead atoms. The molecule has 0 saturated heterocycles. The van der Waals surface area contributed by atoms with Crippen LogP contribution in [0.1, 0.15) is 26.6 Å². The number of rotatable bonds is 5. The van der Waals surface area contributed by atoms with E-state index in [4.69, 9.17) is 4.74 Å². The molecule has 0 N–H and O–H groups in total. The van der Waals surface area contributed by atoms with E-state index in [1.54, 1.807) is 37.7 Å². The molecule has 0 spiro atoms. The minimum Gasteiger partial charge on any atom is -0.465 e. The molecule has 0 atom stereocenters. The van der Waals surface area contributed by atoms with Gasteiger partial charge in [-0.05, 0) is 27.7 Å². The second-order valence-corrected chi connectivity index (χ2v) is 4.37. The van der Waals surface area contributed by atoms with E-state index in [1.165, 1.54) is 0 Å². The maximum absolute atomic E-state index is 12.1. The fraction of sp³-hybridized carbons (Fsp3) is 0.583. The number of Topliss-reactive ketones (excluding diaryl/α,β-unsaturated/α-hetero) is 1. The molecule has 5 nitrogen and oxygen atoms in total. The molecule has 1 heterocycles. The first-order valence-corrected chi connectivity index (χ1v) is 5.57. The number of ketones is 1. The summed E-state index contributed by atoms with van der Waals surface area (Å²) in [4.78, 5) is 27.7. The second kappa shape index (κ2) is 5.12. The van der Waals surface area contributed by atoms with E-state index in [0.717, 1.165) is 5.82 Å². The average molecular weight is 238 g/mol.